The van der Waals surface area contributed by atoms with E-state index in [4.69, 9.17) is 4.42 Å². The molecule has 1 aliphatic rings. The van der Waals surface area contributed by atoms with Crippen LogP contribution in [0, 0.1) is 6.92 Å². The molecule has 1 fully saturated rings. The van der Waals surface area contributed by atoms with Gasteiger partial charge in [-0.3, -0.25) is 4.90 Å². The largest absolute Gasteiger partial charge is 0.463 e. The molecular formula is C16H20N2O3S. The Bertz CT molecular complexity index is 649. The minimum absolute atomic E-state index is 0.265. The Labute approximate surface area is 133 Å². The van der Waals surface area contributed by atoms with Crippen LogP contribution in [-0.2, 0) is 11.3 Å². The molecule has 3 heterocycles. The summed E-state index contributed by atoms with van der Waals surface area (Å²) < 4.78 is 10.2. The second-order valence-corrected chi connectivity index (χ2v) is 6.55. The van der Waals surface area contributed by atoms with Gasteiger partial charge in [0, 0.05) is 23.5 Å². The third-order valence-electron chi connectivity index (χ3n) is 3.92. The van der Waals surface area contributed by atoms with Crippen LogP contribution < -0.4 is 0 Å². The van der Waals surface area contributed by atoms with E-state index in [2.05, 4.69) is 20.0 Å². The molecular weight excluding hydrogens is 300 g/mol. The minimum Gasteiger partial charge on any atom is -0.463 e. The molecule has 0 saturated carbocycles. The molecule has 0 aromatic carbocycles. The van der Waals surface area contributed by atoms with Crippen LogP contribution in [0.4, 0.5) is 0 Å². The highest BCUT2D eigenvalue weighted by Crippen LogP contribution is 2.30. The van der Waals surface area contributed by atoms with Gasteiger partial charge in [-0.25, -0.2) is 9.78 Å². The van der Waals surface area contributed by atoms with Crippen LogP contribution in [0.1, 0.15) is 45.8 Å². The fourth-order valence-electron chi connectivity index (χ4n) is 2.85. The number of aryl methyl sites for hydroxylation is 1. The maximum absolute atomic E-state index is 11.4. The topological polar surface area (TPSA) is 55.6 Å². The van der Waals surface area contributed by atoms with Gasteiger partial charge in [0.1, 0.15) is 5.76 Å². The summed E-state index contributed by atoms with van der Waals surface area (Å²) in [5, 5.41) is 3.35. The average Bonchev–Trinajstić information content (AvgIpc) is 3.16. The van der Waals surface area contributed by atoms with E-state index in [0.717, 1.165) is 37.5 Å². The van der Waals surface area contributed by atoms with Crippen LogP contribution in [0.15, 0.2) is 21.9 Å². The molecule has 5 nitrogen and oxygen atoms in total. The quantitative estimate of drug-likeness (QED) is 0.810. The number of hydrogen-bond donors (Lipinski definition) is 0. The number of rotatable bonds is 4. The Morgan fingerprint density at radius 2 is 2.41 bits per heavy atom. The zero-order chi connectivity index (χ0) is 15.5. The first kappa shape index (κ1) is 15.2. The van der Waals surface area contributed by atoms with Gasteiger partial charge in [-0.2, -0.15) is 0 Å². The Hall–Kier alpha value is -1.66. The molecule has 0 radical (unpaired) electrons. The highest BCUT2D eigenvalue weighted by Gasteiger charge is 2.24. The van der Waals surface area contributed by atoms with Crippen molar-refractivity contribution in [2.24, 2.45) is 0 Å². The van der Waals surface area contributed by atoms with Crippen molar-refractivity contribution in [3.63, 3.8) is 0 Å². The molecule has 2 aromatic rings. The van der Waals surface area contributed by atoms with Gasteiger partial charge in [0.05, 0.1) is 18.7 Å². The lowest BCUT2D eigenvalue weighted by Crippen LogP contribution is -2.33. The fourth-order valence-corrected chi connectivity index (χ4v) is 3.78. The van der Waals surface area contributed by atoms with Gasteiger partial charge in [0.25, 0.3) is 0 Å². The van der Waals surface area contributed by atoms with E-state index in [0.29, 0.717) is 5.92 Å². The molecule has 0 spiro atoms. The van der Waals surface area contributed by atoms with Crippen molar-refractivity contribution >= 4 is 17.3 Å². The van der Waals surface area contributed by atoms with Crippen LogP contribution in [0.25, 0.3) is 0 Å². The molecule has 22 heavy (non-hydrogen) atoms. The number of thiazole rings is 1. The Morgan fingerprint density at radius 3 is 3.14 bits per heavy atom. The fraction of sp³-hybridized carbons (Fsp3) is 0.500. The van der Waals surface area contributed by atoms with Gasteiger partial charge in [-0.15, -0.1) is 11.3 Å². The minimum atomic E-state index is -0.430. The van der Waals surface area contributed by atoms with Gasteiger partial charge >= 0.3 is 5.97 Å². The Kier molecular flexibility index (Phi) is 4.59. The number of carbonyl (C=O) groups is 1. The zero-order valence-corrected chi connectivity index (χ0v) is 13.7. The maximum Gasteiger partial charge on any atom is 0.373 e. The number of carbonyl (C=O) groups excluding carboxylic acids is 1. The first-order valence-electron chi connectivity index (χ1n) is 7.47. The lowest BCUT2D eigenvalue weighted by Gasteiger charge is -2.31. The van der Waals surface area contributed by atoms with Crippen molar-refractivity contribution in [3.8, 4) is 0 Å². The highest BCUT2D eigenvalue weighted by atomic mass is 32.1. The number of hydrogen-bond acceptors (Lipinski definition) is 6. The van der Waals surface area contributed by atoms with Gasteiger partial charge in [-0.05, 0) is 38.4 Å². The Morgan fingerprint density at radius 1 is 1.55 bits per heavy atom. The van der Waals surface area contributed by atoms with Crippen molar-refractivity contribution in [3.05, 3.63) is 39.7 Å². The summed E-state index contributed by atoms with van der Waals surface area (Å²) in [6.45, 7) is 4.80. The number of esters is 1. The van der Waals surface area contributed by atoms with Crippen LogP contribution in [0.2, 0.25) is 0 Å². The first-order valence-corrected chi connectivity index (χ1v) is 8.35. The van der Waals surface area contributed by atoms with Crippen LogP contribution >= 0.6 is 11.3 Å². The second-order valence-electron chi connectivity index (χ2n) is 5.66. The third-order valence-corrected chi connectivity index (χ3v) is 5.04. The number of ether oxygens (including phenoxy) is 1. The number of furan rings is 1. The first-order chi connectivity index (χ1) is 10.7. The zero-order valence-electron chi connectivity index (χ0n) is 12.9. The molecule has 0 N–H and O–H groups in total. The Balaban J connectivity index is 1.63. The van der Waals surface area contributed by atoms with E-state index >= 15 is 0 Å². The summed E-state index contributed by atoms with van der Waals surface area (Å²) in [6, 6.07) is 3.52. The smallest absolute Gasteiger partial charge is 0.373 e. The molecule has 1 atom stereocenters. The van der Waals surface area contributed by atoms with Gasteiger partial charge in [-0.1, -0.05) is 0 Å². The average molecular weight is 320 g/mol. The predicted molar refractivity (Wildman–Crippen MR) is 84.2 cm³/mol. The summed E-state index contributed by atoms with van der Waals surface area (Å²) in [4.78, 5) is 18.4. The molecule has 3 rings (SSSR count). The number of aromatic nitrogens is 1. The van der Waals surface area contributed by atoms with E-state index < -0.39 is 5.97 Å². The van der Waals surface area contributed by atoms with E-state index in [1.807, 2.05) is 13.0 Å². The molecule has 0 aliphatic carbocycles. The van der Waals surface area contributed by atoms with Crippen LogP contribution in [0.3, 0.4) is 0 Å². The van der Waals surface area contributed by atoms with Gasteiger partial charge in [0.15, 0.2) is 0 Å². The summed E-state index contributed by atoms with van der Waals surface area (Å²) in [5.41, 5.74) is 1.10. The number of nitrogens with zero attached hydrogens (tertiary/aromatic N) is 2. The molecule has 2 aromatic heterocycles. The summed E-state index contributed by atoms with van der Waals surface area (Å²) in [7, 11) is 1.36. The van der Waals surface area contributed by atoms with E-state index in [1.54, 1.807) is 17.4 Å². The second kappa shape index (κ2) is 6.62. The number of methoxy groups -OCH3 is 1. The van der Waals surface area contributed by atoms with Gasteiger partial charge < -0.3 is 9.15 Å². The summed E-state index contributed by atoms with van der Waals surface area (Å²) in [5.74, 6) is 1.14. The molecule has 0 unspecified atom stereocenters. The normalized spacial score (nSPS) is 19.3. The molecule has 1 aliphatic heterocycles. The van der Waals surface area contributed by atoms with Gasteiger partial charge in [0.2, 0.25) is 5.76 Å². The van der Waals surface area contributed by atoms with Crippen molar-refractivity contribution in [1.29, 1.82) is 0 Å². The molecule has 6 heteroatoms. The highest BCUT2D eigenvalue weighted by molar-refractivity contribution is 7.09. The van der Waals surface area contributed by atoms with Crippen LogP contribution in [-0.4, -0.2) is 36.1 Å². The summed E-state index contributed by atoms with van der Waals surface area (Å²) in [6.07, 6.45) is 2.35. The van der Waals surface area contributed by atoms with E-state index in [-0.39, 0.29) is 5.76 Å². The molecule has 0 amide bonds. The van der Waals surface area contributed by atoms with Crippen molar-refractivity contribution < 1.29 is 13.9 Å². The standard InChI is InChI=1S/C16H20N2O3S/c1-11-10-22-15(17-11)12-4-3-7-18(8-12)9-13-5-6-14(21-13)16(19)20-2/h5-6,10,12H,3-4,7-9H2,1-2H3/t12-/m1/s1. The van der Waals surface area contributed by atoms with Crippen molar-refractivity contribution in [2.75, 3.05) is 20.2 Å². The number of piperidine rings is 1. The van der Waals surface area contributed by atoms with Crippen molar-refractivity contribution in [1.82, 2.24) is 9.88 Å². The van der Waals surface area contributed by atoms with E-state index in [1.165, 1.54) is 18.5 Å². The van der Waals surface area contributed by atoms with E-state index in [9.17, 15) is 4.79 Å². The lowest BCUT2D eigenvalue weighted by atomic mass is 9.98. The third kappa shape index (κ3) is 3.39. The molecule has 0 bridgehead atoms. The monoisotopic (exact) mass is 320 g/mol. The lowest BCUT2D eigenvalue weighted by molar-refractivity contribution is 0.0560. The molecule has 118 valence electrons. The van der Waals surface area contributed by atoms with Crippen molar-refractivity contribution in [2.45, 2.75) is 32.2 Å². The SMILES string of the molecule is COC(=O)c1ccc(CN2CCC[C@@H](c3nc(C)cs3)C2)o1. The van der Waals surface area contributed by atoms with Crippen LogP contribution in [0.5, 0.6) is 0 Å². The maximum atomic E-state index is 11.4. The predicted octanol–water partition coefficient (Wildman–Crippen LogP) is 3.21. The summed E-state index contributed by atoms with van der Waals surface area (Å²) >= 11 is 1.75. The number of likely N-dealkylation sites (tertiary alicyclic amines) is 1. The molecule has 1 saturated heterocycles.